The van der Waals surface area contributed by atoms with Crippen molar-refractivity contribution in [3.05, 3.63) is 0 Å². The van der Waals surface area contributed by atoms with Crippen LogP contribution in [0.1, 0.15) is 58.3 Å². The maximum Gasteiger partial charge on any atom is 0.00929 e. The predicted octanol–water partition coefficient (Wildman–Crippen LogP) is 3.34. The fourth-order valence-corrected chi connectivity index (χ4v) is 3.84. The monoisotopic (exact) mass is 207 g/mol. The van der Waals surface area contributed by atoms with E-state index in [4.69, 9.17) is 0 Å². The van der Waals surface area contributed by atoms with E-state index in [1.54, 1.807) is 0 Å². The second kappa shape index (κ2) is 3.76. The second-order valence-electron chi connectivity index (χ2n) is 6.39. The van der Waals surface area contributed by atoms with Gasteiger partial charge in [-0.05, 0) is 55.8 Å². The molecule has 3 aliphatic carbocycles. The third kappa shape index (κ3) is 1.84. The Balaban J connectivity index is 1.51. The summed E-state index contributed by atoms with van der Waals surface area (Å²) in [5, 5.41) is 3.90. The second-order valence-corrected chi connectivity index (χ2v) is 6.39. The zero-order chi connectivity index (χ0) is 10.3. The summed E-state index contributed by atoms with van der Waals surface area (Å²) in [5.41, 5.74) is 0.766. The number of nitrogens with one attached hydrogen (secondary N) is 1. The summed E-state index contributed by atoms with van der Waals surface area (Å²) in [4.78, 5) is 0. The van der Waals surface area contributed by atoms with Crippen molar-refractivity contribution < 1.29 is 0 Å². The largest absolute Gasteiger partial charge is 0.313 e. The Morgan fingerprint density at radius 2 is 1.87 bits per heavy atom. The van der Waals surface area contributed by atoms with E-state index in [2.05, 4.69) is 12.2 Å². The lowest BCUT2D eigenvalue weighted by Crippen LogP contribution is -2.45. The van der Waals surface area contributed by atoms with E-state index in [1.807, 2.05) is 0 Å². The van der Waals surface area contributed by atoms with Crippen molar-refractivity contribution in [3.63, 3.8) is 0 Å². The molecule has 0 bridgehead atoms. The average Bonchev–Trinajstić information content (AvgIpc) is 2.91. The van der Waals surface area contributed by atoms with Gasteiger partial charge in [-0.15, -0.1) is 0 Å². The van der Waals surface area contributed by atoms with Crippen LogP contribution < -0.4 is 5.32 Å². The van der Waals surface area contributed by atoms with Crippen molar-refractivity contribution in [1.82, 2.24) is 5.32 Å². The summed E-state index contributed by atoms with van der Waals surface area (Å²) in [6, 6.07) is 0.848. The average molecular weight is 207 g/mol. The van der Waals surface area contributed by atoms with Crippen LogP contribution in [-0.2, 0) is 0 Å². The number of rotatable bonds is 4. The predicted molar refractivity (Wildman–Crippen MR) is 63.8 cm³/mol. The van der Waals surface area contributed by atoms with Gasteiger partial charge in [0.1, 0.15) is 0 Å². The molecule has 86 valence electrons. The van der Waals surface area contributed by atoms with Crippen LogP contribution in [0.5, 0.6) is 0 Å². The normalized spacial score (nSPS) is 39.0. The van der Waals surface area contributed by atoms with E-state index in [-0.39, 0.29) is 0 Å². The molecular weight excluding hydrogens is 182 g/mol. The van der Waals surface area contributed by atoms with Crippen LogP contribution in [0.15, 0.2) is 0 Å². The van der Waals surface area contributed by atoms with Crippen molar-refractivity contribution in [1.29, 1.82) is 0 Å². The molecule has 0 radical (unpaired) electrons. The SMILES string of the molecule is CC1CCCC1NCC1(C2CC2)CCC1. The maximum absolute atomic E-state index is 3.90. The molecule has 1 heteroatoms. The summed E-state index contributed by atoms with van der Waals surface area (Å²) < 4.78 is 0. The van der Waals surface area contributed by atoms with Crippen LogP contribution in [0.3, 0.4) is 0 Å². The van der Waals surface area contributed by atoms with Crippen LogP contribution in [0.25, 0.3) is 0 Å². The fourth-order valence-electron chi connectivity index (χ4n) is 3.84. The van der Waals surface area contributed by atoms with E-state index in [9.17, 15) is 0 Å². The van der Waals surface area contributed by atoms with Gasteiger partial charge in [-0.25, -0.2) is 0 Å². The van der Waals surface area contributed by atoms with Gasteiger partial charge < -0.3 is 5.32 Å². The first-order chi connectivity index (χ1) is 7.30. The van der Waals surface area contributed by atoms with Crippen molar-refractivity contribution >= 4 is 0 Å². The lowest BCUT2D eigenvalue weighted by atomic mass is 9.65. The van der Waals surface area contributed by atoms with Gasteiger partial charge in [0.25, 0.3) is 0 Å². The zero-order valence-corrected chi connectivity index (χ0v) is 10.1. The topological polar surface area (TPSA) is 12.0 Å². The minimum Gasteiger partial charge on any atom is -0.313 e. The van der Waals surface area contributed by atoms with Crippen LogP contribution in [0, 0.1) is 17.3 Å². The molecule has 0 saturated heterocycles. The molecule has 3 aliphatic rings. The highest BCUT2D eigenvalue weighted by Crippen LogP contribution is 2.56. The van der Waals surface area contributed by atoms with Crippen LogP contribution in [-0.4, -0.2) is 12.6 Å². The molecule has 0 aromatic heterocycles. The van der Waals surface area contributed by atoms with Gasteiger partial charge in [0.05, 0.1) is 0 Å². The Labute approximate surface area is 94.0 Å². The zero-order valence-electron chi connectivity index (χ0n) is 10.1. The Morgan fingerprint density at radius 1 is 1.07 bits per heavy atom. The molecular formula is C14H25N. The number of hydrogen-bond acceptors (Lipinski definition) is 1. The third-order valence-corrected chi connectivity index (χ3v) is 5.37. The third-order valence-electron chi connectivity index (χ3n) is 5.37. The Bertz CT molecular complexity index is 227. The quantitative estimate of drug-likeness (QED) is 0.745. The number of hydrogen-bond donors (Lipinski definition) is 1. The molecule has 0 amide bonds. The molecule has 2 unspecified atom stereocenters. The highest BCUT2D eigenvalue weighted by Gasteiger charge is 2.48. The van der Waals surface area contributed by atoms with Gasteiger partial charge in [-0.2, -0.15) is 0 Å². The van der Waals surface area contributed by atoms with E-state index in [0.29, 0.717) is 0 Å². The first kappa shape index (κ1) is 10.1. The fraction of sp³-hybridized carbons (Fsp3) is 1.00. The van der Waals surface area contributed by atoms with E-state index < -0.39 is 0 Å². The van der Waals surface area contributed by atoms with Gasteiger partial charge in [-0.1, -0.05) is 19.8 Å². The minimum atomic E-state index is 0.766. The van der Waals surface area contributed by atoms with Gasteiger partial charge in [-0.3, -0.25) is 0 Å². The minimum absolute atomic E-state index is 0.766. The molecule has 1 N–H and O–H groups in total. The first-order valence-electron chi connectivity index (χ1n) is 7.04. The lowest BCUT2D eigenvalue weighted by Gasteiger charge is -2.44. The van der Waals surface area contributed by atoms with E-state index in [1.165, 1.54) is 57.9 Å². The highest BCUT2D eigenvalue weighted by atomic mass is 14.9. The van der Waals surface area contributed by atoms with Crippen molar-refractivity contribution in [2.45, 2.75) is 64.3 Å². The molecule has 2 atom stereocenters. The summed E-state index contributed by atoms with van der Waals surface area (Å²) in [5.74, 6) is 2.04. The molecule has 0 aliphatic heterocycles. The summed E-state index contributed by atoms with van der Waals surface area (Å²) in [7, 11) is 0. The molecule has 3 saturated carbocycles. The van der Waals surface area contributed by atoms with Crippen molar-refractivity contribution in [2.24, 2.45) is 17.3 Å². The Morgan fingerprint density at radius 3 is 2.33 bits per heavy atom. The molecule has 0 heterocycles. The molecule has 15 heavy (non-hydrogen) atoms. The lowest BCUT2D eigenvalue weighted by molar-refractivity contribution is 0.0925. The highest BCUT2D eigenvalue weighted by molar-refractivity contribution is 5.01. The van der Waals surface area contributed by atoms with E-state index >= 15 is 0 Å². The van der Waals surface area contributed by atoms with Gasteiger partial charge in [0.2, 0.25) is 0 Å². The molecule has 0 aromatic carbocycles. The van der Waals surface area contributed by atoms with Crippen LogP contribution in [0.4, 0.5) is 0 Å². The van der Waals surface area contributed by atoms with Gasteiger partial charge >= 0.3 is 0 Å². The Kier molecular flexibility index (Phi) is 2.54. The van der Waals surface area contributed by atoms with Crippen molar-refractivity contribution in [2.75, 3.05) is 6.54 Å². The molecule has 0 aromatic rings. The molecule has 0 spiro atoms. The van der Waals surface area contributed by atoms with Crippen LogP contribution in [0.2, 0.25) is 0 Å². The summed E-state index contributed by atoms with van der Waals surface area (Å²) in [6.07, 6.45) is 11.9. The standard InChI is InChI=1S/C14H25N/c1-11-4-2-5-13(11)15-10-14(8-3-9-14)12-6-7-12/h11-13,15H,2-10H2,1H3. The first-order valence-corrected chi connectivity index (χ1v) is 7.04. The van der Waals surface area contributed by atoms with Gasteiger partial charge in [0.15, 0.2) is 0 Å². The molecule has 3 rings (SSSR count). The Hall–Kier alpha value is -0.0400. The summed E-state index contributed by atoms with van der Waals surface area (Å²) in [6.45, 7) is 3.77. The summed E-state index contributed by atoms with van der Waals surface area (Å²) >= 11 is 0. The van der Waals surface area contributed by atoms with E-state index in [0.717, 1.165) is 23.3 Å². The van der Waals surface area contributed by atoms with Gasteiger partial charge in [0, 0.05) is 12.6 Å². The molecule has 1 nitrogen and oxygen atoms in total. The van der Waals surface area contributed by atoms with Crippen molar-refractivity contribution in [3.8, 4) is 0 Å². The smallest absolute Gasteiger partial charge is 0.00929 e. The van der Waals surface area contributed by atoms with Crippen LogP contribution >= 0.6 is 0 Å². The molecule has 3 fully saturated rings. The maximum atomic E-state index is 3.90.